The van der Waals surface area contributed by atoms with E-state index >= 15 is 0 Å². The van der Waals surface area contributed by atoms with Crippen molar-refractivity contribution >= 4 is 29.3 Å². The van der Waals surface area contributed by atoms with Gasteiger partial charge < -0.3 is 10.8 Å². The van der Waals surface area contributed by atoms with Gasteiger partial charge in [-0.05, 0) is 30.1 Å². The number of thiophene rings is 1. The smallest absolute Gasteiger partial charge is 0.328 e. The molecule has 1 amide bonds. The van der Waals surface area contributed by atoms with Crippen LogP contribution in [0.25, 0.3) is 6.08 Å². The zero-order valence-corrected chi connectivity index (χ0v) is 10.2. The average molecular weight is 254 g/mol. The maximum Gasteiger partial charge on any atom is 0.328 e. The summed E-state index contributed by atoms with van der Waals surface area (Å²) < 4.78 is 0. The van der Waals surface area contributed by atoms with E-state index in [-0.39, 0.29) is 12.5 Å². The van der Waals surface area contributed by atoms with E-state index in [1.807, 2.05) is 11.4 Å². The van der Waals surface area contributed by atoms with E-state index in [1.54, 1.807) is 18.0 Å². The van der Waals surface area contributed by atoms with Crippen LogP contribution in [0, 0.1) is 0 Å². The molecular weight excluding hydrogens is 240 g/mol. The summed E-state index contributed by atoms with van der Waals surface area (Å²) in [6.07, 6.45) is 2.64. The summed E-state index contributed by atoms with van der Waals surface area (Å²) in [7, 11) is 1.79. The summed E-state index contributed by atoms with van der Waals surface area (Å²) >= 11 is 1.52. The SMILES string of the molecule is CN(CC(N)=O)Cc1sccc1C=CC(=O)O. The van der Waals surface area contributed by atoms with Gasteiger partial charge in [-0.15, -0.1) is 11.3 Å². The van der Waals surface area contributed by atoms with Gasteiger partial charge in [0.05, 0.1) is 6.54 Å². The molecule has 6 heteroatoms. The molecular formula is C11H14N2O3S. The van der Waals surface area contributed by atoms with Gasteiger partial charge in [-0.3, -0.25) is 9.69 Å². The van der Waals surface area contributed by atoms with Crippen LogP contribution in [0.5, 0.6) is 0 Å². The predicted octanol–water partition coefficient (Wildman–Crippen LogP) is 0.763. The summed E-state index contributed by atoms with van der Waals surface area (Å²) in [5, 5.41) is 10.4. The summed E-state index contributed by atoms with van der Waals surface area (Å²) in [5.74, 6) is -1.36. The van der Waals surface area contributed by atoms with Gasteiger partial charge in [0.15, 0.2) is 0 Å². The molecule has 1 aromatic heterocycles. The van der Waals surface area contributed by atoms with Crippen LogP contribution in [0.4, 0.5) is 0 Å². The molecule has 0 fully saturated rings. The molecule has 0 radical (unpaired) electrons. The van der Waals surface area contributed by atoms with Gasteiger partial charge in [-0.25, -0.2) is 4.79 Å². The Bertz CT molecular complexity index is 440. The van der Waals surface area contributed by atoms with Crippen molar-refractivity contribution in [1.82, 2.24) is 4.90 Å². The van der Waals surface area contributed by atoms with E-state index in [1.165, 1.54) is 11.3 Å². The fourth-order valence-corrected chi connectivity index (χ4v) is 2.30. The Hall–Kier alpha value is -1.66. The van der Waals surface area contributed by atoms with Crippen molar-refractivity contribution < 1.29 is 14.7 Å². The van der Waals surface area contributed by atoms with Gasteiger partial charge in [0, 0.05) is 17.5 Å². The van der Waals surface area contributed by atoms with Gasteiger partial charge in [-0.2, -0.15) is 0 Å². The minimum atomic E-state index is -0.979. The second-order valence-corrected chi connectivity index (χ2v) is 4.61. The monoisotopic (exact) mass is 254 g/mol. The van der Waals surface area contributed by atoms with Crippen molar-refractivity contribution in [3.63, 3.8) is 0 Å². The summed E-state index contributed by atoms with van der Waals surface area (Å²) in [5.41, 5.74) is 5.95. The lowest BCUT2D eigenvalue weighted by Gasteiger charge is -2.13. The zero-order valence-electron chi connectivity index (χ0n) is 9.42. The first kappa shape index (κ1) is 13.4. The number of primary amides is 1. The lowest BCUT2D eigenvalue weighted by atomic mass is 10.2. The number of nitrogens with zero attached hydrogens (tertiary/aromatic N) is 1. The number of carboxylic acid groups (broad SMARTS) is 1. The van der Waals surface area contributed by atoms with Gasteiger partial charge in [0.1, 0.15) is 0 Å². The van der Waals surface area contributed by atoms with E-state index in [9.17, 15) is 9.59 Å². The highest BCUT2D eigenvalue weighted by molar-refractivity contribution is 7.10. The van der Waals surface area contributed by atoms with Crippen molar-refractivity contribution in [2.75, 3.05) is 13.6 Å². The van der Waals surface area contributed by atoms with Crippen LogP contribution in [-0.4, -0.2) is 35.5 Å². The molecule has 5 nitrogen and oxygen atoms in total. The Morgan fingerprint density at radius 3 is 2.88 bits per heavy atom. The van der Waals surface area contributed by atoms with Crippen LogP contribution in [0.15, 0.2) is 17.5 Å². The van der Waals surface area contributed by atoms with Crippen molar-refractivity contribution in [2.24, 2.45) is 5.73 Å². The van der Waals surface area contributed by atoms with Crippen LogP contribution in [0.2, 0.25) is 0 Å². The van der Waals surface area contributed by atoms with E-state index in [0.29, 0.717) is 6.54 Å². The van der Waals surface area contributed by atoms with Crippen molar-refractivity contribution in [3.8, 4) is 0 Å². The van der Waals surface area contributed by atoms with Crippen molar-refractivity contribution in [3.05, 3.63) is 28.0 Å². The summed E-state index contributed by atoms with van der Waals surface area (Å²) in [6, 6.07) is 1.84. The van der Waals surface area contributed by atoms with Crippen LogP contribution in [0.3, 0.4) is 0 Å². The third kappa shape index (κ3) is 4.80. The molecule has 0 aliphatic carbocycles. The van der Waals surface area contributed by atoms with E-state index in [2.05, 4.69) is 0 Å². The predicted molar refractivity (Wildman–Crippen MR) is 66.5 cm³/mol. The molecule has 0 aliphatic heterocycles. The van der Waals surface area contributed by atoms with E-state index in [4.69, 9.17) is 10.8 Å². The molecule has 3 N–H and O–H groups in total. The van der Waals surface area contributed by atoms with Crippen LogP contribution in [-0.2, 0) is 16.1 Å². The lowest BCUT2D eigenvalue weighted by molar-refractivity contribution is -0.131. The first-order valence-electron chi connectivity index (χ1n) is 4.93. The number of carboxylic acids is 1. The quantitative estimate of drug-likeness (QED) is 0.734. The lowest BCUT2D eigenvalue weighted by Crippen LogP contribution is -2.30. The van der Waals surface area contributed by atoms with Gasteiger partial charge in [0.25, 0.3) is 0 Å². The minimum absolute atomic E-state index is 0.181. The Balaban J connectivity index is 2.68. The fourth-order valence-electron chi connectivity index (χ4n) is 1.36. The number of carbonyl (C=O) groups excluding carboxylic acids is 1. The molecule has 0 spiro atoms. The fraction of sp³-hybridized carbons (Fsp3) is 0.273. The van der Waals surface area contributed by atoms with Gasteiger partial charge >= 0.3 is 5.97 Å². The molecule has 0 saturated heterocycles. The number of nitrogens with two attached hydrogens (primary N) is 1. The molecule has 0 bridgehead atoms. The Morgan fingerprint density at radius 2 is 2.29 bits per heavy atom. The van der Waals surface area contributed by atoms with Crippen molar-refractivity contribution in [1.29, 1.82) is 0 Å². The Labute approximate surface area is 103 Å². The molecule has 17 heavy (non-hydrogen) atoms. The molecule has 92 valence electrons. The molecule has 1 heterocycles. The second-order valence-electron chi connectivity index (χ2n) is 3.61. The first-order valence-corrected chi connectivity index (χ1v) is 5.81. The highest BCUT2D eigenvalue weighted by Crippen LogP contribution is 2.19. The number of rotatable bonds is 6. The van der Waals surface area contributed by atoms with Crippen LogP contribution < -0.4 is 5.73 Å². The number of likely N-dealkylation sites (N-methyl/N-ethyl adjacent to an activating group) is 1. The Morgan fingerprint density at radius 1 is 1.59 bits per heavy atom. The van der Waals surface area contributed by atoms with Gasteiger partial charge in [-0.1, -0.05) is 0 Å². The number of carbonyl (C=O) groups is 2. The Kier molecular flexibility index (Phi) is 4.86. The minimum Gasteiger partial charge on any atom is -0.478 e. The molecule has 0 aliphatic rings. The number of amides is 1. The summed E-state index contributed by atoms with van der Waals surface area (Å²) in [6.45, 7) is 0.750. The molecule has 1 rings (SSSR count). The number of aliphatic carboxylic acids is 1. The third-order valence-electron chi connectivity index (χ3n) is 2.02. The topological polar surface area (TPSA) is 83.6 Å². The van der Waals surface area contributed by atoms with Gasteiger partial charge in [0.2, 0.25) is 5.91 Å². The molecule has 0 unspecified atom stereocenters. The molecule has 1 aromatic rings. The largest absolute Gasteiger partial charge is 0.478 e. The van der Waals surface area contributed by atoms with Crippen molar-refractivity contribution in [2.45, 2.75) is 6.54 Å². The maximum atomic E-state index is 10.7. The maximum absolute atomic E-state index is 10.7. The van der Waals surface area contributed by atoms with E-state index < -0.39 is 5.97 Å². The molecule has 0 saturated carbocycles. The normalized spacial score (nSPS) is 11.2. The first-order chi connectivity index (χ1) is 7.99. The third-order valence-corrected chi connectivity index (χ3v) is 2.95. The van der Waals surface area contributed by atoms with Crippen LogP contribution in [0.1, 0.15) is 10.4 Å². The highest BCUT2D eigenvalue weighted by atomic mass is 32.1. The molecule has 0 aromatic carbocycles. The number of hydrogen-bond donors (Lipinski definition) is 2. The summed E-state index contributed by atoms with van der Waals surface area (Å²) in [4.78, 5) is 23.9. The standard InChI is InChI=1S/C11H14N2O3S/c1-13(7-10(12)14)6-9-8(4-5-17-9)2-3-11(15)16/h2-5H,6-7H2,1H3,(H2,12,14)(H,15,16). The highest BCUT2D eigenvalue weighted by Gasteiger charge is 2.07. The van der Waals surface area contributed by atoms with E-state index in [0.717, 1.165) is 16.5 Å². The molecule has 0 atom stereocenters. The number of hydrogen-bond acceptors (Lipinski definition) is 4. The zero-order chi connectivity index (χ0) is 12.8. The second kappa shape index (κ2) is 6.17. The van der Waals surface area contributed by atoms with Crippen LogP contribution >= 0.6 is 11.3 Å². The average Bonchev–Trinajstić information content (AvgIpc) is 2.60.